The minimum atomic E-state index is -0.733. The normalized spacial score (nSPS) is 11.9. The third-order valence-corrected chi connectivity index (χ3v) is 6.67. The third kappa shape index (κ3) is 4.22. The number of hydrogen-bond acceptors (Lipinski definition) is 7. The number of thiazole rings is 1. The van der Waals surface area contributed by atoms with E-state index < -0.39 is 6.04 Å². The molecule has 0 saturated carbocycles. The van der Waals surface area contributed by atoms with Crippen molar-refractivity contribution in [3.05, 3.63) is 75.1 Å². The number of pyridine rings is 1. The number of carbonyl (C=O) groups excluding carboxylic acids is 1. The number of nitrogens with zero attached hydrogens (tertiary/aromatic N) is 4. The van der Waals surface area contributed by atoms with E-state index in [9.17, 15) is 9.59 Å². The molecule has 9 heteroatoms. The zero-order valence-corrected chi connectivity index (χ0v) is 18.0. The van der Waals surface area contributed by atoms with Gasteiger partial charge in [-0.15, -0.1) is 22.7 Å². The molecule has 152 valence electrons. The Balaban J connectivity index is 1.48. The number of hydrogen-bond donors (Lipinski definition) is 1. The second kappa shape index (κ2) is 8.68. The van der Waals surface area contributed by atoms with Gasteiger partial charge in [0, 0.05) is 28.9 Å². The molecule has 30 heavy (non-hydrogen) atoms. The van der Waals surface area contributed by atoms with Crippen molar-refractivity contribution in [2.45, 2.75) is 26.4 Å². The fourth-order valence-corrected chi connectivity index (χ4v) is 4.57. The molecular formula is C21H19N5O2S2. The first kappa shape index (κ1) is 20.1. The van der Waals surface area contributed by atoms with Gasteiger partial charge in [-0.1, -0.05) is 6.07 Å². The van der Waals surface area contributed by atoms with Crippen LogP contribution in [-0.4, -0.2) is 25.7 Å². The minimum absolute atomic E-state index is 0.274. The molecule has 0 aliphatic heterocycles. The van der Waals surface area contributed by atoms with Gasteiger partial charge in [-0.05, 0) is 43.5 Å². The highest BCUT2D eigenvalue weighted by Crippen LogP contribution is 2.27. The highest BCUT2D eigenvalue weighted by Gasteiger charge is 2.19. The quantitative estimate of drug-likeness (QED) is 0.497. The lowest BCUT2D eigenvalue weighted by atomic mass is 10.3. The van der Waals surface area contributed by atoms with Crippen LogP contribution < -0.4 is 10.9 Å². The van der Waals surface area contributed by atoms with Crippen LogP contribution in [0.15, 0.2) is 59.0 Å². The van der Waals surface area contributed by atoms with Gasteiger partial charge < -0.3 is 5.32 Å². The summed E-state index contributed by atoms with van der Waals surface area (Å²) in [5.41, 5.74) is 2.16. The third-order valence-electron chi connectivity index (χ3n) is 4.57. The second-order valence-corrected chi connectivity index (χ2v) is 8.67. The highest BCUT2D eigenvalue weighted by atomic mass is 32.1. The molecule has 0 bridgehead atoms. The van der Waals surface area contributed by atoms with Gasteiger partial charge in [-0.3, -0.25) is 14.6 Å². The Morgan fingerprint density at radius 1 is 1.23 bits per heavy atom. The van der Waals surface area contributed by atoms with E-state index in [1.54, 1.807) is 25.4 Å². The largest absolute Gasteiger partial charge is 0.349 e. The molecular weight excluding hydrogens is 418 g/mol. The molecule has 1 amide bonds. The zero-order chi connectivity index (χ0) is 21.1. The van der Waals surface area contributed by atoms with Gasteiger partial charge in [0.2, 0.25) is 5.91 Å². The summed E-state index contributed by atoms with van der Waals surface area (Å²) in [5, 5.41) is 10.1. The summed E-state index contributed by atoms with van der Waals surface area (Å²) in [4.78, 5) is 35.6. The molecule has 4 heterocycles. The summed E-state index contributed by atoms with van der Waals surface area (Å²) in [6, 6.07) is 10.1. The summed E-state index contributed by atoms with van der Waals surface area (Å²) in [5.74, 6) is -0.274. The molecule has 1 unspecified atom stereocenters. The summed E-state index contributed by atoms with van der Waals surface area (Å²) >= 11 is 3.05. The highest BCUT2D eigenvalue weighted by molar-refractivity contribution is 7.15. The van der Waals surface area contributed by atoms with Crippen LogP contribution in [0.5, 0.6) is 0 Å². The molecule has 0 aliphatic rings. The van der Waals surface area contributed by atoms with Crippen molar-refractivity contribution >= 4 is 28.6 Å². The summed E-state index contributed by atoms with van der Waals surface area (Å²) in [6.07, 6.45) is 3.48. The first-order valence-corrected chi connectivity index (χ1v) is 11.0. The lowest BCUT2D eigenvalue weighted by molar-refractivity contribution is -0.124. The maximum absolute atomic E-state index is 12.7. The van der Waals surface area contributed by atoms with Gasteiger partial charge in [0.15, 0.2) is 0 Å². The molecule has 0 saturated heterocycles. The Kier molecular flexibility index (Phi) is 5.82. The Hall–Kier alpha value is -3.17. The van der Waals surface area contributed by atoms with Crippen LogP contribution in [0.1, 0.15) is 23.5 Å². The summed E-state index contributed by atoms with van der Waals surface area (Å²) in [7, 11) is 0. The van der Waals surface area contributed by atoms with Crippen molar-refractivity contribution in [3.63, 3.8) is 0 Å². The van der Waals surface area contributed by atoms with Gasteiger partial charge in [0.05, 0.1) is 17.1 Å². The molecule has 4 aromatic rings. The number of aryl methyl sites for hydroxylation is 1. The van der Waals surface area contributed by atoms with Gasteiger partial charge in [0.25, 0.3) is 5.56 Å². The van der Waals surface area contributed by atoms with E-state index >= 15 is 0 Å². The van der Waals surface area contributed by atoms with Crippen molar-refractivity contribution in [1.29, 1.82) is 0 Å². The zero-order valence-electron chi connectivity index (χ0n) is 16.4. The van der Waals surface area contributed by atoms with Gasteiger partial charge in [0.1, 0.15) is 16.7 Å². The maximum Gasteiger partial charge on any atom is 0.267 e. The van der Waals surface area contributed by atoms with Crippen LogP contribution in [0, 0.1) is 6.92 Å². The summed E-state index contributed by atoms with van der Waals surface area (Å²) in [6.45, 7) is 3.92. The van der Waals surface area contributed by atoms with Crippen LogP contribution >= 0.6 is 22.7 Å². The molecule has 4 rings (SSSR count). The van der Waals surface area contributed by atoms with Crippen molar-refractivity contribution in [2.24, 2.45) is 0 Å². The second-order valence-electron chi connectivity index (χ2n) is 6.64. The first-order valence-electron chi connectivity index (χ1n) is 9.31. The van der Waals surface area contributed by atoms with Crippen LogP contribution in [0.4, 0.5) is 0 Å². The van der Waals surface area contributed by atoms with Crippen LogP contribution in [0.2, 0.25) is 0 Å². The van der Waals surface area contributed by atoms with E-state index in [-0.39, 0.29) is 11.5 Å². The topological polar surface area (TPSA) is 89.8 Å². The van der Waals surface area contributed by atoms with Gasteiger partial charge >= 0.3 is 0 Å². The Morgan fingerprint density at radius 2 is 2.10 bits per heavy atom. The summed E-state index contributed by atoms with van der Waals surface area (Å²) < 4.78 is 1.23. The predicted molar refractivity (Wildman–Crippen MR) is 118 cm³/mol. The molecule has 7 nitrogen and oxygen atoms in total. The lowest BCUT2D eigenvalue weighted by Gasteiger charge is -2.14. The number of carbonyl (C=O) groups is 1. The Bertz CT molecular complexity index is 1220. The fourth-order valence-electron chi connectivity index (χ4n) is 2.89. The van der Waals surface area contributed by atoms with Crippen LogP contribution in [0.25, 0.3) is 21.1 Å². The smallest absolute Gasteiger partial charge is 0.267 e. The Morgan fingerprint density at radius 3 is 2.83 bits per heavy atom. The fraction of sp³-hybridized carbons (Fsp3) is 0.190. The number of rotatable bonds is 6. The standard InChI is InChI=1S/C21H19N5O2S2/c1-13-18(30-21(24-13)15-5-3-9-22-11-15)12-23-20(28)14(2)26-19(27)8-7-16(25-26)17-6-4-10-29-17/h3-11,14H,12H2,1-2H3,(H,23,28). The van der Waals surface area contributed by atoms with Gasteiger partial charge in [-0.2, -0.15) is 5.10 Å². The van der Waals surface area contributed by atoms with E-state index in [0.29, 0.717) is 12.2 Å². The monoisotopic (exact) mass is 437 g/mol. The maximum atomic E-state index is 12.7. The average molecular weight is 438 g/mol. The van der Waals surface area contributed by atoms with E-state index in [4.69, 9.17) is 0 Å². The SMILES string of the molecule is Cc1nc(-c2cccnc2)sc1CNC(=O)C(C)n1nc(-c2cccs2)ccc1=O. The number of thiophene rings is 1. The number of nitrogens with one attached hydrogen (secondary N) is 1. The lowest BCUT2D eigenvalue weighted by Crippen LogP contribution is -2.36. The molecule has 0 radical (unpaired) electrons. The minimum Gasteiger partial charge on any atom is -0.349 e. The van der Waals surface area contributed by atoms with Gasteiger partial charge in [-0.25, -0.2) is 9.67 Å². The average Bonchev–Trinajstić information content (AvgIpc) is 3.43. The van der Waals surface area contributed by atoms with E-state index in [0.717, 1.165) is 26.0 Å². The van der Waals surface area contributed by atoms with E-state index in [2.05, 4.69) is 20.4 Å². The molecule has 4 aromatic heterocycles. The van der Waals surface area contributed by atoms with Crippen LogP contribution in [0.3, 0.4) is 0 Å². The first-order chi connectivity index (χ1) is 14.5. The molecule has 0 aromatic carbocycles. The number of aromatic nitrogens is 4. The predicted octanol–water partition coefficient (Wildman–Crippen LogP) is 3.68. The molecule has 0 fully saturated rings. The molecule has 0 aliphatic carbocycles. The molecule has 0 spiro atoms. The molecule has 1 atom stereocenters. The van der Waals surface area contributed by atoms with Crippen molar-refractivity contribution in [3.8, 4) is 21.1 Å². The molecule has 1 N–H and O–H groups in total. The van der Waals surface area contributed by atoms with Crippen LogP contribution in [-0.2, 0) is 11.3 Å². The van der Waals surface area contributed by atoms with E-state index in [1.165, 1.54) is 33.4 Å². The van der Waals surface area contributed by atoms with Crippen molar-refractivity contribution in [2.75, 3.05) is 0 Å². The Labute approximate surface area is 181 Å². The van der Waals surface area contributed by atoms with Crippen molar-refractivity contribution in [1.82, 2.24) is 25.1 Å². The number of amides is 1. The van der Waals surface area contributed by atoms with E-state index in [1.807, 2.05) is 36.6 Å². The van der Waals surface area contributed by atoms with Crippen molar-refractivity contribution < 1.29 is 4.79 Å².